The first-order valence-corrected chi connectivity index (χ1v) is 12.2. The van der Waals surface area contributed by atoms with Crippen molar-refractivity contribution in [2.24, 2.45) is 0 Å². The molecule has 0 bridgehead atoms. The molecule has 10 nitrogen and oxygen atoms in total. The zero-order chi connectivity index (χ0) is 23.7. The van der Waals surface area contributed by atoms with Gasteiger partial charge < -0.3 is 30.6 Å². The first-order chi connectivity index (χ1) is 15.2. The van der Waals surface area contributed by atoms with Crippen LogP contribution in [0.3, 0.4) is 0 Å². The second kappa shape index (κ2) is 12.2. The van der Waals surface area contributed by atoms with Crippen molar-refractivity contribution in [3.8, 4) is 0 Å². The number of rotatable bonds is 11. The van der Waals surface area contributed by atoms with Gasteiger partial charge in [-0.1, -0.05) is 33.7 Å². The average Bonchev–Trinajstić information content (AvgIpc) is 2.74. The van der Waals surface area contributed by atoms with Gasteiger partial charge in [-0.2, -0.15) is 0 Å². The van der Waals surface area contributed by atoms with Crippen molar-refractivity contribution in [3.63, 3.8) is 0 Å². The summed E-state index contributed by atoms with van der Waals surface area (Å²) in [7, 11) is 5.76. The topological polar surface area (TPSA) is 139 Å². The van der Waals surface area contributed by atoms with Crippen LogP contribution in [0.4, 0.5) is 0 Å². The number of amides is 2. The smallest absolute Gasteiger partial charge is 0.327 e. The molecule has 0 saturated heterocycles. The van der Waals surface area contributed by atoms with Crippen LogP contribution in [0.1, 0.15) is 12.8 Å². The van der Waals surface area contributed by atoms with E-state index in [0.717, 1.165) is 21.6 Å². The predicted molar refractivity (Wildman–Crippen MR) is 123 cm³/mol. The van der Waals surface area contributed by atoms with E-state index in [1.807, 2.05) is 0 Å². The van der Waals surface area contributed by atoms with Crippen molar-refractivity contribution in [2.45, 2.75) is 24.9 Å². The fourth-order valence-corrected chi connectivity index (χ4v) is 5.07. The molecule has 2 atom stereocenters. The molecule has 0 radical (unpaired) electrons. The molecule has 0 aliphatic carbocycles. The van der Waals surface area contributed by atoms with Crippen molar-refractivity contribution in [2.75, 3.05) is 25.6 Å². The van der Waals surface area contributed by atoms with E-state index in [1.54, 1.807) is 60.8 Å². The molecule has 32 heavy (non-hydrogen) atoms. The number of carboxylic acid groups (broad SMARTS) is 2. The van der Waals surface area contributed by atoms with Gasteiger partial charge >= 0.3 is 11.9 Å². The summed E-state index contributed by atoms with van der Waals surface area (Å²) in [6.45, 7) is 0. The number of nitrogens with one attached hydrogen (secondary N) is 2. The van der Waals surface area contributed by atoms with E-state index >= 15 is 0 Å². The van der Waals surface area contributed by atoms with Gasteiger partial charge in [-0.05, 0) is 25.2 Å². The van der Waals surface area contributed by atoms with Crippen LogP contribution in [-0.4, -0.2) is 81.5 Å². The van der Waals surface area contributed by atoms with E-state index in [4.69, 9.17) is 0 Å². The monoisotopic (exact) mass is 482 g/mol. The Balaban J connectivity index is 1.82. The van der Waals surface area contributed by atoms with E-state index in [9.17, 15) is 29.4 Å². The van der Waals surface area contributed by atoms with E-state index in [0.29, 0.717) is 24.0 Å². The number of hydrogen-bond acceptors (Lipinski definition) is 8. The Morgan fingerprint density at radius 3 is 1.53 bits per heavy atom. The van der Waals surface area contributed by atoms with Crippen LogP contribution in [0.15, 0.2) is 48.1 Å². The molecule has 0 fully saturated rings. The molecule has 2 rings (SSSR count). The fraction of sp³-hybridized carbons (Fsp3) is 0.400. The third kappa shape index (κ3) is 8.00. The molecular formula is C20H26N4O6S2. The van der Waals surface area contributed by atoms with E-state index < -0.39 is 35.8 Å². The molecule has 0 spiro atoms. The SMILES string of the molecule is CN1C=CCC(C(=O)NC(CSSCC(NC(=O)C2=CN(C)C=CC2)C(=O)O)C(=O)O)=C1. The van der Waals surface area contributed by atoms with Gasteiger partial charge in [0.2, 0.25) is 11.8 Å². The largest absolute Gasteiger partial charge is 0.480 e. The highest BCUT2D eigenvalue weighted by Crippen LogP contribution is 2.24. The molecule has 2 amide bonds. The molecule has 0 saturated carbocycles. The number of carboxylic acids is 2. The molecule has 0 aromatic rings. The van der Waals surface area contributed by atoms with Gasteiger partial charge in [-0.3, -0.25) is 9.59 Å². The van der Waals surface area contributed by atoms with Crippen LogP contribution >= 0.6 is 21.6 Å². The number of aliphatic carboxylic acids is 2. The van der Waals surface area contributed by atoms with Gasteiger partial charge in [0.15, 0.2) is 0 Å². The lowest BCUT2D eigenvalue weighted by molar-refractivity contribution is -0.141. The summed E-state index contributed by atoms with van der Waals surface area (Å²) in [6.07, 6.45) is 11.3. The summed E-state index contributed by atoms with van der Waals surface area (Å²) >= 11 is 0. The molecule has 12 heteroatoms. The minimum atomic E-state index is -1.18. The highest BCUT2D eigenvalue weighted by molar-refractivity contribution is 8.76. The zero-order valence-corrected chi connectivity index (χ0v) is 19.3. The van der Waals surface area contributed by atoms with Gasteiger partial charge in [-0.15, -0.1) is 0 Å². The Morgan fingerprint density at radius 1 is 0.844 bits per heavy atom. The maximum absolute atomic E-state index is 12.3. The van der Waals surface area contributed by atoms with Gasteiger partial charge in [0.05, 0.1) is 0 Å². The van der Waals surface area contributed by atoms with Crippen molar-refractivity contribution >= 4 is 45.3 Å². The summed E-state index contributed by atoms with van der Waals surface area (Å²) in [5, 5.41) is 23.8. The molecule has 4 N–H and O–H groups in total. The van der Waals surface area contributed by atoms with Crippen molar-refractivity contribution in [1.82, 2.24) is 20.4 Å². The number of carbonyl (C=O) groups is 4. The van der Waals surface area contributed by atoms with Crippen LogP contribution in [0.2, 0.25) is 0 Å². The normalized spacial score (nSPS) is 17.2. The molecule has 2 aliphatic rings. The number of allylic oxidation sites excluding steroid dienone is 2. The molecule has 0 aromatic heterocycles. The Kier molecular flexibility index (Phi) is 9.72. The first kappa shape index (κ1) is 25.4. The lowest BCUT2D eigenvalue weighted by atomic mass is 10.1. The summed E-state index contributed by atoms with van der Waals surface area (Å²) < 4.78 is 0. The third-order valence-corrected chi connectivity index (χ3v) is 6.84. The quantitative estimate of drug-likeness (QED) is 0.249. The van der Waals surface area contributed by atoms with Gasteiger partial charge in [0.1, 0.15) is 12.1 Å². The van der Waals surface area contributed by atoms with Crippen molar-refractivity contribution in [1.29, 1.82) is 0 Å². The van der Waals surface area contributed by atoms with Crippen LogP contribution < -0.4 is 10.6 Å². The number of carbonyl (C=O) groups excluding carboxylic acids is 2. The van der Waals surface area contributed by atoms with Crippen LogP contribution in [-0.2, 0) is 19.2 Å². The molecule has 2 aliphatic heterocycles. The summed E-state index contributed by atoms with van der Waals surface area (Å²) in [4.78, 5) is 51.1. The molecule has 2 unspecified atom stereocenters. The number of nitrogens with zero attached hydrogens (tertiary/aromatic N) is 2. The molecule has 0 aromatic carbocycles. The highest BCUT2D eigenvalue weighted by Gasteiger charge is 2.25. The summed E-state index contributed by atoms with van der Waals surface area (Å²) in [5.74, 6) is -3.23. The Hall–Kier alpha value is -2.86. The van der Waals surface area contributed by atoms with Crippen molar-refractivity contribution < 1.29 is 29.4 Å². The van der Waals surface area contributed by atoms with Crippen LogP contribution in [0.25, 0.3) is 0 Å². The number of hydrogen-bond donors (Lipinski definition) is 4. The average molecular weight is 483 g/mol. The van der Waals surface area contributed by atoms with Crippen LogP contribution in [0.5, 0.6) is 0 Å². The third-order valence-electron chi connectivity index (χ3n) is 4.42. The van der Waals surface area contributed by atoms with E-state index in [2.05, 4.69) is 10.6 Å². The van der Waals surface area contributed by atoms with E-state index in [-0.39, 0.29) is 11.5 Å². The fourth-order valence-electron chi connectivity index (χ4n) is 2.76. The lowest BCUT2D eigenvalue weighted by Gasteiger charge is -2.20. The zero-order valence-electron chi connectivity index (χ0n) is 17.7. The Morgan fingerprint density at radius 2 is 1.22 bits per heavy atom. The Labute approximate surface area is 193 Å². The maximum Gasteiger partial charge on any atom is 0.327 e. The Bertz CT molecular complexity index is 800. The lowest BCUT2D eigenvalue weighted by Crippen LogP contribution is -2.44. The van der Waals surface area contributed by atoms with Gasteiger partial charge in [0.25, 0.3) is 0 Å². The van der Waals surface area contributed by atoms with Gasteiger partial charge in [-0.25, -0.2) is 9.59 Å². The molecular weight excluding hydrogens is 456 g/mol. The van der Waals surface area contributed by atoms with Gasteiger partial charge in [0, 0.05) is 49.1 Å². The standard InChI is InChI=1S/C20H26N4O6S2/c1-23-7-3-5-13(9-23)17(25)21-15(19(27)28)11-31-32-12-16(20(29)30)22-18(26)14-6-4-8-24(2)10-14/h3-4,7-10,15-16H,5-6,11-12H2,1-2H3,(H,21,25)(H,22,26)(H,27,28)(H,29,30). The second-order valence-electron chi connectivity index (χ2n) is 7.12. The molecule has 174 valence electrons. The van der Waals surface area contributed by atoms with E-state index in [1.165, 1.54) is 0 Å². The minimum Gasteiger partial charge on any atom is -0.480 e. The van der Waals surface area contributed by atoms with Crippen LogP contribution in [0, 0.1) is 0 Å². The summed E-state index contributed by atoms with van der Waals surface area (Å²) in [5.41, 5.74) is 0.898. The second-order valence-corrected chi connectivity index (χ2v) is 9.67. The van der Waals surface area contributed by atoms with Crippen molar-refractivity contribution in [3.05, 3.63) is 48.1 Å². The highest BCUT2D eigenvalue weighted by atomic mass is 33.1. The summed E-state index contributed by atoms with van der Waals surface area (Å²) in [6, 6.07) is -2.27. The first-order valence-electron chi connectivity index (χ1n) is 9.67. The minimum absolute atomic E-state index is 0.0335. The predicted octanol–water partition coefficient (Wildman–Crippen LogP) is 0.973. The maximum atomic E-state index is 12.3. The molecule has 2 heterocycles.